The summed E-state index contributed by atoms with van der Waals surface area (Å²) in [5.41, 5.74) is 8.83. The van der Waals surface area contributed by atoms with E-state index in [0.717, 1.165) is 21.9 Å². The van der Waals surface area contributed by atoms with Crippen molar-refractivity contribution in [3.63, 3.8) is 0 Å². The van der Waals surface area contributed by atoms with Crippen LogP contribution in [-0.4, -0.2) is 10.2 Å². The second-order valence-electron chi connectivity index (χ2n) is 12.9. The molecular formula is C58H96O2. The highest BCUT2D eigenvalue weighted by Crippen LogP contribution is 2.27. The maximum absolute atomic E-state index is 9.66. The summed E-state index contributed by atoms with van der Waals surface area (Å²) >= 11 is 0. The first-order chi connectivity index (χ1) is 26.5. The molecule has 0 amide bonds. The predicted octanol–water partition coefficient (Wildman–Crippen LogP) is 20.3. The van der Waals surface area contributed by atoms with E-state index in [1.807, 2.05) is 124 Å². The minimum Gasteiger partial charge on any atom is -0.508 e. The molecule has 0 fully saturated rings. The molecular weight excluding hydrogens is 729 g/mol. The zero-order valence-corrected chi connectivity index (χ0v) is 37.4. The lowest BCUT2D eigenvalue weighted by atomic mass is 9.96. The maximum atomic E-state index is 9.66. The van der Waals surface area contributed by atoms with Crippen molar-refractivity contribution in [3.05, 3.63) is 167 Å². The third kappa shape index (κ3) is 27.0. The summed E-state index contributed by atoms with van der Waals surface area (Å²) in [6.07, 6.45) is 0. The summed E-state index contributed by atoms with van der Waals surface area (Å²) in [4.78, 5) is 0. The molecule has 0 aliphatic carbocycles. The van der Waals surface area contributed by atoms with Crippen LogP contribution in [0.4, 0.5) is 0 Å². The highest BCUT2D eigenvalue weighted by Gasteiger charge is 2.03. The van der Waals surface area contributed by atoms with E-state index >= 15 is 0 Å². The van der Waals surface area contributed by atoms with Crippen LogP contribution in [0.25, 0.3) is 21.9 Å². The van der Waals surface area contributed by atoms with E-state index in [-0.39, 0.29) is 37.1 Å². The van der Waals surface area contributed by atoms with Crippen molar-refractivity contribution in [1.29, 1.82) is 0 Å². The van der Waals surface area contributed by atoms with Crippen LogP contribution < -0.4 is 0 Å². The van der Waals surface area contributed by atoms with E-state index < -0.39 is 0 Å². The Balaban J connectivity index is -0.000000119. The number of hydrogen-bond donors (Lipinski definition) is 2. The Morgan fingerprint density at radius 3 is 1.07 bits per heavy atom. The zero-order valence-electron chi connectivity index (χ0n) is 37.4. The van der Waals surface area contributed by atoms with Gasteiger partial charge in [-0.15, -0.1) is 0 Å². The van der Waals surface area contributed by atoms with Gasteiger partial charge in [-0.05, 0) is 88.1 Å². The molecule has 0 atom stereocenters. The number of rotatable bonds is 4. The lowest BCUT2D eigenvalue weighted by Gasteiger charge is -2.09. The molecule has 2 N–H and O–H groups in total. The monoisotopic (exact) mass is 825 g/mol. The molecule has 0 aliphatic heterocycles. The number of fused-ring (bicyclic) bond motifs is 1. The van der Waals surface area contributed by atoms with E-state index in [0.29, 0.717) is 29.3 Å². The molecule has 6 aromatic rings. The highest BCUT2D eigenvalue weighted by molar-refractivity contribution is 5.89. The average Bonchev–Trinajstić information content (AvgIpc) is 3.23. The third-order valence-electron chi connectivity index (χ3n) is 8.06. The van der Waals surface area contributed by atoms with Gasteiger partial charge in [0.2, 0.25) is 0 Å². The lowest BCUT2D eigenvalue weighted by molar-refractivity contribution is 0.475. The number of aromatic hydroxyl groups is 2. The smallest absolute Gasteiger partial charge is 0.126 e. The van der Waals surface area contributed by atoms with Gasteiger partial charge in [0.1, 0.15) is 11.5 Å². The summed E-state index contributed by atoms with van der Waals surface area (Å²) in [5.74, 6) is 2.59. The molecule has 0 radical (unpaired) electrons. The fourth-order valence-corrected chi connectivity index (χ4v) is 4.95. The van der Waals surface area contributed by atoms with Crippen LogP contribution in [0.5, 0.6) is 11.5 Å². The molecule has 2 nitrogen and oxygen atoms in total. The van der Waals surface area contributed by atoms with Gasteiger partial charge in [-0.25, -0.2) is 0 Å². The molecule has 6 rings (SSSR count). The minimum atomic E-state index is 0. The van der Waals surface area contributed by atoms with Crippen molar-refractivity contribution in [2.75, 3.05) is 0 Å². The van der Waals surface area contributed by atoms with Crippen molar-refractivity contribution in [2.45, 2.75) is 166 Å². The van der Waals surface area contributed by atoms with Crippen molar-refractivity contribution in [1.82, 2.24) is 0 Å². The van der Waals surface area contributed by atoms with Crippen LogP contribution in [-0.2, 0) is 0 Å². The SMILES string of the molecule is C.C.C.C.C.CC.CC.CC.CC.CC(C)c1ccc(-c2ccc(C(C)C)cc2)cc1.CC(C)c1ccccc1.Cc1ccc2ccccc2c1O.Cc1cccc(O)c1. The van der Waals surface area contributed by atoms with Crippen LogP contribution in [0.3, 0.4) is 0 Å². The van der Waals surface area contributed by atoms with Gasteiger partial charge in [-0.1, -0.05) is 261 Å². The molecule has 0 spiro atoms. The van der Waals surface area contributed by atoms with Crippen LogP contribution in [0, 0.1) is 13.8 Å². The molecule has 0 aliphatic rings. The van der Waals surface area contributed by atoms with Crippen molar-refractivity contribution in [3.8, 4) is 22.6 Å². The van der Waals surface area contributed by atoms with Crippen molar-refractivity contribution >= 4 is 10.8 Å². The average molecular weight is 825 g/mol. The standard InChI is InChI=1S/C18H22.C11H10O.C9H12.C7H8O.4C2H6.5CH4/c1-13(2)15-5-9-17(10-6-15)18-11-7-16(8-12-18)14(3)4;1-8-6-7-9-4-2-3-5-10(9)11(8)12;1-8(2)9-6-4-3-5-7-9;1-6-3-2-4-7(8)5-6;4*1-2;;;;;/h5-14H,1-4H3;2-7,12H,1H3;3-8H,1-2H3;2-5,8H,1H3;4*1-2H3;5*1H4. The number of benzene rings is 6. The number of phenols is 2. The number of hydrogen-bond acceptors (Lipinski definition) is 2. The van der Waals surface area contributed by atoms with Crippen LogP contribution in [0.2, 0.25) is 0 Å². The molecule has 0 unspecified atom stereocenters. The van der Waals surface area contributed by atoms with Crippen LogP contribution >= 0.6 is 0 Å². The van der Waals surface area contributed by atoms with Crippen molar-refractivity contribution < 1.29 is 10.2 Å². The molecule has 60 heavy (non-hydrogen) atoms. The molecule has 6 aromatic carbocycles. The normalized spacial score (nSPS) is 8.58. The van der Waals surface area contributed by atoms with E-state index in [4.69, 9.17) is 5.11 Å². The Kier molecular flexibility index (Phi) is 49.2. The van der Waals surface area contributed by atoms with E-state index in [1.54, 1.807) is 12.1 Å². The number of aryl methyl sites for hydroxylation is 2. The minimum absolute atomic E-state index is 0. The molecule has 340 valence electrons. The Bertz CT molecular complexity index is 1700. The summed E-state index contributed by atoms with van der Waals surface area (Å²) in [7, 11) is 0. The van der Waals surface area contributed by atoms with E-state index in [9.17, 15) is 5.11 Å². The summed E-state index contributed by atoms with van der Waals surface area (Å²) in [5, 5.41) is 20.5. The first kappa shape index (κ1) is 69.8. The molecule has 0 saturated heterocycles. The second-order valence-corrected chi connectivity index (χ2v) is 12.9. The quantitative estimate of drug-likeness (QED) is 0.186. The topological polar surface area (TPSA) is 40.5 Å². The van der Waals surface area contributed by atoms with Gasteiger partial charge in [0.15, 0.2) is 0 Å². The molecule has 0 saturated carbocycles. The first-order valence-electron chi connectivity index (χ1n) is 20.6. The molecule has 0 bridgehead atoms. The Labute approximate surface area is 375 Å². The highest BCUT2D eigenvalue weighted by atomic mass is 16.3. The fourth-order valence-electron chi connectivity index (χ4n) is 4.95. The Hall–Kier alpha value is -4.82. The summed E-state index contributed by atoms with van der Waals surface area (Å²) in [6, 6.07) is 47.3. The Morgan fingerprint density at radius 1 is 0.367 bits per heavy atom. The fraction of sp³-hybridized carbons (Fsp3) is 0.414. The van der Waals surface area contributed by atoms with Gasteiger partial charge in [0, 0.05) is 5.39 Å². The summed E-state index contributed by atoms with van der Waals surface area (Å²) in [6.45, 7) is 33.2. The zero-order chi connectivity index (χ0) is 42.3. The van der Waals surface area contributed by atoms with Gasteiger partial charge in [-0.2, -0.15) is 0 Å². The molecule has 2 heteroatoms. The largest absolute Gasteiger partial charge is 0.508 e. The number of phenolic OH excluding ortho intramolecular Hbond substituents is 2. The maximum Gasteiger partial charge on any atom is 0.126 e. The van der Waals surface area contributed by atoms with Crippen LogP contribution in [0.15, 0.2) is 140 Å². The van der Waals surface area contributed by atoms with Gasteiger partial charge < -0.3 is 10.2 Å². The van der Waals surface area contributed by atoms with Crippen LogP contribution in [0.1, 0.15) is 180 Å². The van der Waals surface area contributed by atoms with E-state index in [2.05, 4.69) is 114 Å². The van der Waals surface area contributed by atoms with Gasteiger partial charge in [-0.3, -0.25) is 0 Å². The Morgan fingerprint density at radius 2 is 0.733 bits per heavy atom. The molecule has 0 aromatic heterocycles. The predicted molar refractivity (Wildman–Crippen MR) is 283 cm³/mol. The summed E-state index contributed by atoms with van der Waals surface area (Å²) < 4.78 is 0. The van der Waals surface area contributed by atoms with Gasteiger partial charge in [0.05, 0.1) is 0 Å². The second kappa shape index (κ2) is 42.3. The van der Waals surface area contributed by atoms with Gasteiger partial charge in [0.25, 0.3) is 0 Å². The third-order valence-corrected chi connectivity index (χ3v) is 8.06. The van der Waals surface area contributed by atoms with Crippen molar-refractivity contribution in [2.24, 2.45) is 0 Å². The lowest BCUT2D eigenvalue weighted by Crippen LogP contribution is -1.88. The van der Waals surface area contributed by atoms with Gasteiger partial charge >= 0.3 is 0 Å². The first-order valence-corrected chi connectivity index (χ1v) is 20.6. The van der Waals surface area contributed by atoms with E-state index in [1.165, 1.54) is 27.8 Å². The molecule has 0 heterocycles.